The lowest BCUT2D eigenvalue weighted by Crippen LogP contribution is -2.48. The molecule has 2 rings (SSSR count). The summed E-state index contributed by atoms with van der Waals surface area (Å²) in [5.41, 5.74) is 0. The van der Waals surface area contributed by atoms with Gasteiger partial charge in [0.1, 0.15) is 0 Å². The molecular formula is C8H13NO. The fourth-order valence-electron chi connectivity index (χ4n) is 1.63. The molecule has 0 aromatic carbocycles. The van der Waals surface area contributed by atoms with Gasteiger partial charge in [0, 0.05) is 6.54 Å². The molecule has 1 heterocycles. The van der Waals surface area contributed by atoms with Crippen LogP contribution in [-0.2, 0) is 4.74 Å². The number of hydrogen-bond acceptors (Lipinski definition) is 2. The number of allylic oxidation sites excluding steroid dienone is 1. The predicted octanol–water partition coefficient (Wildman–Crippen LogP) is 0.693. The van der Waals surface area contributed by atoms with Crippen molar-refractivity contribution >= 4 is 0 Å². The van der Waals surface area contributed by atoms with Crippen molar-refractivity contribution in [2.24, 2.45) is 0 Å². The molecule has 2 aliphatic rings. The molecule has 56 valence electrons. The lowest BCUT2D eigenvalue weighted by Gasteiger charge is -2.32. The van der Waals surface area contributed by atoms with Crippen molar-refractivity contribution < 1.29 is 4.74 Å². The average molecular weight is 139 g/mol. The predicted molar refractivity (Wildman–Crippen MR) is 39.9 cm³/mol. The first-order valence-corrected chi connectivity index (χ1v) is 3.98. The Bertz CT molecular complexity index is 144. The van der Waals surface area contributed by atoms with Crippen molar-refractivity contribution in [3.05, 3.63) is 12.2 Å². The summed E-state index contributed by atoms with van der Waals surface area (Å²) < 4.78 is 5.57. The molecule has 0 aromatic heterocycles. The summed E-state index contributed by atoms with van der Waals surface area (Å²) in [6, 6.07) is 0.502. The molecule has 1 fully saturated rings. The molecule has 0 saturated carbocycles. The number of hydrogen-bond donors (Lipinski definition) is 1. The first-order valence-electron chi connectivity index (χ1n) is 3.98. The quantitative estimate of drug-likeness (QED) is 0.499. The largest absolute Gasteiger partial charge is 0.375 e. The summed E-state index contributed by atoms with van der Waals surface area (Å²) in [5, 5.41) is 3.41. The van der Waals surface area contributed by atoms with Crippen LogP contribution in [0.4, 0.5) is 0 Å². The van der Waals surface area contributed by atoms with Gasteiger partial charge in [-0.1, -0.05) is 12.2 Å². The summed E-state index contributed by atoms with van der Waals surface area (Å²) >= 11 is 0. The van der Waals surface area contributed by atoms with Gasteiger partial charge >= 0.3 is 0 Å². The number of morpholine rings is 1. The SMILES string of the molecule is C1=CC2NCCOC2CC1. The zero-order chi connectivity index (χ0) is 6.81. The molecule has 1 N–H and O–H groups in total. The Balaban J connectivity index is 2.03. The van der Waals surface area contributed by atoms with Gasteiger partial charge < -0.3 is 10.1 Å². The van der Waals surface area contributed by atoms with E-state index in [4.69, 9.17) is 4.74 Å². The average Bonchev–Trinajstić information content (AvgIpc) is 2.05. The second-order valence-corrected chi connectivity index (χ2v) is 2.89. The molecular weight excluding hydrogens is 126 g/mol. The van der Waals surface area contributed by atoms with E-state index >= 15 is 0 Å². The Hall–Kier alpha value is -0.340. The van der Waals surface area contributed by atoms with Crippen LogP contribution < -0.4 is 5.32 Å². The van der Waals surface area contributed by atoms with E-state index in [2.05, 4.69) is 17.5 Å². The van der Waals surface area contributed by atoms with E-state index in [-0.39, 0.29) is 0 Å². The van der Waals surface area contributed by atoms with Crippen molar-refractivity contribution in [1.82, 2.24) is 5.32 Å². The Kier molecular flexibility index (Phi) is 1.74. The van der Waals surface area contributed by atoms with Crippen molar-refractivity contribution in [2.75, 3.05) is 13.2 Å². The van der Waals surface area contributed by atoms with Gasteiger partial charge in [-0.2, -0.15) is 0 Å². The van der Waals surface area contributed by atoms with Crippen molar-refractivity contribution in [1.29, 1.82) is 0 Å². The van der Waals surface area contributed by atoms with E-state index in [1.54, 1.807) is 0 Å². The second-order valence-electron chi connectivity index (χ2n) is 2.89. The third-order valence-corrected chi connectivity index (χ3v) is 2.18. The molecule has 2 atom stereocenters. The number of nitrogens with one attached hydrogen (secondary N) is 1. The third kappa shape index (κ3) is 1.09. The molecule has 1 aliphatic heterocycles. The van der Waals surface area contributed by atoms with Crippen molar-refractivity contribution in [3.8, 4) is 0 Å². The topological polar surface area (TPSA) is 21.3 Å². The van der Waals surface area contributed by atoms with E-state index in [9.17, 15) is 0 Å². The van der Waals surface area contributed by atoms with Gasteiger partial charge in [-0.3, -0.25) is 0 Å². The lowest BCUT2D eigenvalue weighted by molar-refractivity contribution is 0.00160. The molecule has 0 aromatic rings. The molecule has 0 spiro atoms. The van der Waals surface area contributed by atoms with Crippen molar-refractivity contribution in [2.45, 2.75) is 25.0 Å². The Morgan fingerprint density at radius 2 is 2.50 bits per heavy atom. The highest BCUT2D eigenvalue weighted by molar-refractivity contribution is 5.03. The maximum atomic E-state index is 5.57. The molecule has 1 aliphatic carbocycles. The smallest absolute Gasteiger partial charge is 0.0767 e. The number of ether oxygens (including phenoxy) is 1. The van der Waals surface area contributed by atoms with E-state index in [1.165, 1.54) is 12.8 Å². The number of fused-ring (bicyclic) bond motifs is 1. The second kappa shape index (κ2) is 2.72. The molecule has 0 amide bonds. The Morgan fingerprint density at radius 1 is 1.50 bits per heavy atom. The standard InChI is InChI=1S/C8H13NO/c1-2-4-8-7(3-1)9-5-6-10-8/h1,3,7-9H,2,4-6H2. The fraction of sp³-hybridized carbons (Fsp3) is 0.750. The Labute approximate surface area is 61.3 Å². The summed E-state index contributed by atoms with van der Waals surface area (Å²) in [4.78, 5) is 0. The highest BCUT2D eigenvalue weighted by Crippen LogP contribution is 2.17. The van der Waals surface area contributed by atoms with Crippen LogP contribution in [-0.4, -0.2) is 25.3 Å². The summed E-state index contributed by atoms with van der Waals surface area (Å²) in [7, 11) is 0. The zero-order valence-corrected chi connectivity index (χ0v) is 6.05. The highest BCUT2D eigenvalue weighted by atomic mass is 16.5. The molecule has 0 radical (unpaired) electrons. The molecule has 1 saturated heterocycles. The molecule has 10 heavy (non-hydrogen) atoms. The van der Waals surface area contributed by atoms with E-state index in [0.717, 1.165) is 13.2 Å². The van der Waals surface area contributed by atoms with E-state index in [0.29, 0.717) is 12.1 Å². The molecule has 2 unspecified atom stereocenters. The van der Waals surface area contributed by atoms with Gasteiger partial charge in [-0.25, -0.2) is 0 Å². The minimum absolute atomic E-state index is 0.457. The van der Waals surface area contributed by atoms with Gasteiger partial charge in [-0.15, -0.1) is 0 Å². The van der Waals surface area contributed by atoms with Crippen LogP contribution in [0.2, 0.25) is 0 Å². The van der Waals surface area contributed by atoms with Crippen LogP contribution in [0.25, 0.3) is 0 Å². The van der Waals surface area contributed by atoms with Gasteiger partial charge in [-0.05, 0) is 12.8 Å². The summed E-state index contributed by atoms with van der Waals surface area (Å²) in [6.07, 6.45) is 7.30. The normalized spacial score (nSPS) is 39.2. The van der Waals surface area contributed by atoms with Gasteiger partial charge in [0.15, 0.2) is 0 Å². The summed E-state index contributed by atoms with van der Waals surface area (Å²) in [5.74, 6) is 0. The first kappa shape index (κ1) is 6.38. The monoisotopic (exact) mass is 139 g/mol. The number of rotatable bonds is 0. The van der Waals surface area contributed by atoms with Gasteiger partial charge in [0.05, 0.1) is 18.8 Å². The van der Waals surface area contributed by atoms with Crippen LogP contribution in [0, 0.1) is 0 Å². The minimum atomic E-state index is 0.457. The van der Waals surface area contributed by atoms with Gasteiger partial charge in [0.2, 0.25) is 0 Å². The van der Waals surface area contributed by atoms with Crippen LogP contribution >= 0.6 is 0 Å². The van der Waals surface area contributed by atoms with Crippen LogP contribution in [0.3, 0.4) is 0 Å². The molecule has 0 bridgehead atoms. The van der Waals surface area contributed by atoms with Crippen LogP contribution in [0.15, 0.2) is 12.2 Å². The molecule has 2 heteroatoms. The Morgan fingerprint density at radius 3 is 3.40 bits per heavy atom. The molecule has 2 nitrogen and oxygen atoms in total. The first-order chi connectivity index (χ1) is 4.97. The van der Waals surface area contributed by atoms with E-state index < -0.39 is 0 Å². The summed E-state index contributed by atoms with van der Waals surface area (Å²) in [6.45, 7) is 1.89. The lowest BCUT2D eigenvalue weighted by atomic mass is 9.98. The van der Waals surface area contributed by atoms with E-state index in [1.807, 2.05) is 0 Å². The fourth-order valence-corrected chi connectivity index (χ4v) is 1.63. The van der Waals surface area contributed by atoms with Gasteiger partial charge in [0.25, 0.3) is 0 Å². The third-order valence-electron chi connectivity index (χ3n) is 2.18. The highest BCUT2D eigenvalue weighted by Gasteiger charge is 2.24. The minimum Gasteiger partial charge on any atom is -0.375 e. The maximum absolute atomic E-state index is 5.57. The van der Waals surface area contributed by atoms with Crippen molar-refractivity contribution in [3.63, 3.8) is 0 Å². The maximum Gasteiger partial charge on any atom is 0.0767 e. The zero-order valence-electron chi connectivity index (χ0n) is 6.05. The van der Waals surface area contributed by atoms with Crippen LogP contribution in [0.1, 0.15) is 12.8 Å². The van der Waals surface area contributed by atoms with Crippen LogP contribution in [0.5, 0.6) is 0 Å².